The lowest BCUT2D eigenvalue weighted by molar-refractivity contribution is -0.0786. The molecule has 0 radical (unpaired) electrons. The lowest BCUT2D eigenvalue weighted by atomic mass is 10.2. The van der Waals surface area contributed by atoms with E-state index in [1.54, 1.807) is 0 Å². The third-order valence-electron chi connectivity index (χ3n) is 3.84. The van der Waals surface area contributed by atoms with E-state index >= 15 is 0 Å². The van der Waals surface area contributed by atoms with Gasteiger partial charge < -0.3 is 4.74 Å². The highest BCUT2D eigenvalue weighted by Gasteiger charge is 2.37. The Morgan fingerprint density at radius 1 is 1.33 bits per heavy atom. The van der Waals surface area contributed by atoms with Crippen LogP contribution in [0.4, 0.5) is 13.2 Å². The second-order valence-electron chi connectivity index (χ2n) is 5.72. The van der Waals surface area contributed by atoms with Crippen molar-refractivity contribution in [2.45, 2.75) is 37.4 Å². The summed E-state index contributed by atoms with van der Waals surface area (Å²) in [6, 6.07) is 3.48. The number of ether oxygens (including phenoxy) is 1. The minimum absolute atomic E-state index is 0.0869. The third-order valence-corrected chi connectivity index (χ3v) is 5.60. The molecule has 1 unspecified atom stereocenters. The van der Waals surface area contributed by atoms with Gasteiger partial charge in [-0.2, -0.15) is 0 Å². The molecule has 0 amide bonds. The number of sulfone groups is 1. The van der Waals surface area contributed by atoms with Gasteiger partial charge in [0.25, 0.3) is 11.5 Å². The van der Waals surface area contributed by atoms with Crippen molar-refractivity contribution in [3.05, 3.63) is 34.9 Å². The van der Waals surface area contributed by atoms with Gasteiger partial charge in [-0.1, -0.05) is 6.92 Å². The molecule has 7 nitrogen and oxygen atoms in total. The van der Waals surface area contributed by atoms with Crippen LogP contribution in [-0.2, 0) is 16.4 Å². The molecule has 0 bridgehead atoms. The van der Waals surface area contributed by atoms with E-state index in [2.05, 4.69) is 9.97 Å². The Morgan fingerprint density at radius 2 is 2.00 bits per heavy atom. The molecule has 1 atom stereocenters. The minimum atomic E-state index is -3.75. The molecule has 0 aliphatic heterocycles. The van der Waals surface area contributed by atoms with Crippen LogP contribution in [0.3, 0.4) is 0 Å². The first kappa shape index (κ1) is 20.9. The molecule has 0 saturated carbocycles. The first-order valence-electron chi connectivity index (χ1n) is 7.88. The Morgan fingerprint density at radius 3 is 2.52 bits per heavy atom. The predicted octanol–water partition coefficient (Wildman–Crippen LogP) is 2.10. The summed E-state index contributed by atoms with van der Waals surface area (Å²) in [4.78, 5) is 19.9. The molecule has 0 fully saturated rings. The Bertz CT molecular complexity index is 991. The Hall–Kier alpha value is -2.43. The van der Waals surface area contributed by atoms with E-state index in [-0.39, 0.29) is 27.9 Å². The van der Waals surface area contributed by atoms with Crippen LogP contribution in [0.15, 0.2) is 34.2 Å². The summed E-state index contributed by atoms with van der Waals surface area (Å²) in [6.07, 6.45) is -1.65. The molecular weight excluding hydrogens is 387 g/mol. The number of hydrogen-bond acceptors (Lipinski definition) is 6. The van der Waals surface area contributed by atoms with Gasteiger partial charge in [0, 0.05) is 12.1 Å². The molecule has 0 aromatic carbocycles. The van der Waals surface area contributed by atoms with E-state index in [4.69, 9.17) is 4.74 Å². The van der Waals surface area contributed by atoms with E-state index in [9.17, 15) is 26.4 Å². The van der Waals surface area contributed by atoms with Crippen molar-refractivity contribution >= 4 is 9.84 Å². The van der Waals surface area contributed by atoms with E-state index in [0.29, 0.717) is 11.5 Å². The fourth-order valence-electron chi connectivity index (χ4n) is 2.16. The van der Waals surface area contributed by atoms with Crippen LogP contribution in [0, 0.1) is 0 Å². The van der Waals surface area contributed by atoms with Gasteiger partial charge in [-0.05, 0) is 13.0 Å². The predicted molar refractivity (Wildman–Crippen MR) is 91.5 cm³/mol. The number of nitrogens with zero attached hydrogens (tertiary/aromatic N) is 3. The van der Waals surface area contributed by atoms with Gasteiger partial charge in [0.2, 0.25) is 5.88 Å². The van der Waals surface area contributed by atoms with Crippen LogP contribution in [0.1, 0.15) is 13.8 Å². The first-order valence-corrected chi connectivity index (χ1v) is 9.53. The van der Waals surface area contributed by atoms with Crippen LogP contribution < -0.4 is 10.3 Å². The van der Waals surface area contributed by atoms with Crippen LogP contribution >= 0.6 is 0 Å². The number of aromatic nitrogens is 3. The maximum absolute atomic E-state index is 13.5. The molecule has 0 spiro atoms. The summed E-state index contributed by atoms with van der Waals surface area (Å²) >= 11 is 0. The number of halogens is 3. The highest BCUT2D eigenvalue weighted by atomic mass is 32.2. The maximum atomic E-state index is 13.5. The zero-order valence-electron chi connectivity index (χ0n) is 14.8. The van der Waals surface area contributed by atoms with Crippen molar-refractivity contribution in [3.8, 4) is 17.3 Å². The van der Waals surface area contributed by atoms with Gasteiger partial charge >= 0.3 is 0 Å². The number of rotatable bonds is 7. The molecule has 2 heterocycles. The highest BCUT2D eigenvalue weighted by Crippen LogP contribution is 2.27. The largest absolute Gasteiger partial charge is 0.481 e. The van der Waals surface area contributed by atoms with Gasteiger partial charge in [0.1, 0.15) is 5.69 Å². The van der Waals surface area contributed by atoms with E-state index in [0.717, 1.165) is 12.4 Å². The van der Waals surface area contributed by atoms with Crippen molar-refractivity contribution in [2.24, 2.45) is 0 Å². The van der Waals surface area contributed by atoms with Crippen LogP contribution in [-0.4, -0.2) is 47.9 Å². The first-order chi connectivity index (χ1) is 12.5. The smallest absolute Gasteiger partial charge is 0.295 e. The normalized spacial score (nSPS) is 13.4. The quantitative estimate of drug-likeness (QED) is 0.701. The fraction of sp³-hybridized carbons (Fsp3) is 0.438. The molecular formula is C16H18F3N3O4S. The zero-order chi connectivity index (χ0) is 20.4. The van der Waals surface area contributed by atoms with Crippen molar-refractivity contribution in [3.63, 3.8) is 0 Å². The molecule has 0 saturated heterocycles. The van der Waals surface area contributed by atoms with Crippen LogP contribution in [0.25, 0.3) is 11.4 Å². The number of hydrogen-bond donors (Lipinski definition) is 0. The Labute approximate surface area is 153 Å². The van der Waals surface area contributed by atoms with Crippen LogP contribution in [0.2, 0.25) is 0 Å². The molecule has 148 valence electrons. The number of methoxy groups -OCH3 is 1. The molecule has 2 aromatic heterocycles. The maximum Gasteiger partial charge on any atom is 0.295 e. The molecule has 2 rings (SSSR count). The average Bonchev–Trinajstić information content (AvgIpc) is 2.62. The Kier molecular flexibility index (Phi) is 5.93. The second kappa shape index (κ2) is 7.67. The van der Waals surface area contributed by atoms with Crippen molar-refractivity contribution in [1.29, 1.82) is 0 Å². The summed E-state index contributed by atoms with van der Waals surface area (Å²) in [5, 5.41) is 0. The zero-order valence-corrected chi connectivity index (χ0v) is 15.6. The summed E-state index contributed by atoms with van der Waals surface area (Å²) in [6.45, 7) is 0.937. The molecule has 11 heteroatoms. The molecule has 0 aliphatic carbocycles. The summed E-state index contributed by atoms with van der Waals surface area (Å²) in [7, 11) is -2.38. The van der Waals surface area contributed by atoms with Gasteiger partial charge in [-0.3, -0.25) is 9.36 Å². The van der Waals surface area contributed by atoms with Crippen molar-refractivity contribution in [1.82, 2.24) is 14.5 Å². The van der Waals surface area contributed by atoms with E-state index in [1.807, 2.05) is 0 Å². The number of alkyl halides is 3. The SMILES string of the molecule is CCS(=O)(=O)c1ccc(OC)nc1-c1cc(=O)n(CC(F)(F)C(C)F)cn1. The molecule has 27 heavy (non-hydrogen) atoms. The van der Waals surface area contributed by atoms with Crippen molar-refractivity contribution < 1.29 is 26.3 Å². The van der Waals surface area contributed by atoms with E-state index in [1.165, 1.54) is 26.2 Å². The highest BCUT2D eigenvalue weighted by molar-refractivity contribution is 7.91. The van der Waals surface area contributed by atoms with Gasteiger partial charge in [0.15, 0.2) is 16.0 Å². The van der Waals surface area contributed by atoms with Crippen LogP contribution in [0.5, 0.6) is 5.88 Å². The third kappa shape index (κ3) is 4.46. The standard InChI is InChI=1S/C16H18F3N3O4S/c1-4-27(24,25)12-5-6-13(26-3)21-15(12)11-7-14(23)22(9-20-11)8-16(18,19)10(2)17/h5-7,9-10H,4,8H2,1-3H3. The minimum Gasteiger partial charge on any atom is -0.481 e. The summed E-state index contributed by atoms with van der Waals surface area (Å²) < 4.78 is 70.1. The van der Waals surface area contributed by atoms with E-state index < -0.39 is 34.0 Å². The van der Waals surface area contributed by atoms with Crippen molar-refractivity contribution in [2.75, 3.05) is 12.9 Å². The van der Waals surface area contributed by atoms with Gasteiger partial charge in [-0.15, -0.1) is 0 Å². The lowest BCUT2D eigenvalue weighted by Gasteiger charge is -2.18. The molecule has 0 N–H and O–H groups in total. The fourth-order valence-corrected chi connectivity index (χ4v) is 3.19. The second-order valence-corrected chi connectivity index (χ2v) is 7.97. The van der Waals surface area contributed by atoms with Gasteiger partial charge in [0.05, 0.1) is 36.3 Å². The lowest BCUT2D eigenvalue weighted by Crippen LogP contribution is -2.37. The molecule has 0 aliphatic rings. The monoisotopic (exact) mass is 405 g/mol. The molecule has 2 aromatic rings. The summed E-state index contributed by atoms with van der Waals surface area (Å²) in [5.41, 5.74) is -1.16. The van der Waals surface area contributed by atoms with Gasteiger partial charge in [-0.25, -0.2) is 31.6 Å². The topological polar surface area (TPSA) is 91.2 Å². The summed E-state index contributed by atoms with van der Waals surface area (Å²) in [5.74, 6) is -3.88. The average molecular weight is 405 g/mol. The number of pyridine rings is 1. The Balaban J connectivity index is 2.57.